The molecule has 1 N–H and O–H groups in total. The van der Waals surface area contributed by atoms with E-state index >= 15 is 0 Å². The Kier molecular flexibility index (Phi) is 51.1. The third-order valence-corrected chi connectivity index (χ3v) is 12.4. The van der Waals surface area contributed by atoms with Crippen molar-refractivity contribution in [2.24, 2.45) is 0 Å². The van der Waals surface area contributed by atoms with Gasteiger partial charge in [0.1, 0.15) is 13.2 Å². The molecule has 0 saturated heterocycles. The Morgan fingerprint density at radius 1 is 0.431 bits per heavy atom. The molecule has 0 aliphatic carbocycles. The second kappa shape index (κ2) is 53.8. The highest BCUT2D eigenvalue weighted by molar-refractivity contribution is 5.71. The van der Waals surface area contributed by atoms with Gasteiger partial charge in [-0.1, -0.05) is 240 Å². The zero-order valence-corrected chi connectivity index (χ0v) is 47.1. The molecular formula is C63H110NO8+. The van der Waals surface area contributed by atoms with Gasteiger partial charge in [-0.3, -0.25) is 9.59 Å². The molecule has 0 aromatic carbocycles. The van der Waals surface area contributed by atoms with Crippen molar-refractivity contribution in [1.29, 1.82) is 0 Å². The fraction of sp³-hybridized carbons (Fsp3) is 0.730. The molecule has 0 heterocycles. The summed E-state index contributed by atoms with van der Waals surface area (Å²) in [5.41, 5.74) is 0. The van der Waals surface area contributed by atoms with Crippen molar-refractivity contribution in [3.63, 3.8) is 0 Å². The van der Waals surface area contributed by atoms with Crippen LogP contribution in [0.4, 0.5) is 0 Å². The van der Waals surface area contributed by atoms with Crippen LogP contribution in [0.5, 0.6) is 0 Å². The van der Waals surface area contributed by atoms with Crippen LogP contribution in [0.3, 0.4) is 0 Å². The number of unbranched alkanes of at least 4 members (excludes halogenated alkanes) is 24. The molecular weight excluding hydrogens is 899 g/mol. The van der Waals surface area contributed by atoms with Crippen LogP contribution in [0.1, 0.15) is 239 Å². The van der Waals surface area contributed by atoms with E-state index in [9.17, 15) is 19.5 Å². The zero-order chi connectivity index (χ0) is 52.7. The molecule has 0 aromatic rings. The Bertz CT molecular complexity index is 1450. The fourth-order valence-corrected chi connectivity index (χ4v) is 7.94. The summed E-state index contributed by atoms with van der Waals surface area (Å²) in [4.78, 5) is 37.0. The van der Waals surface area contributed by atoms with Crippen LogP contribution >= 0.6 is 0 Å². The average molecular weight is 1010 g/mol. The average Bonchev–Trinajstić information content (AvgIpc) is 3.35. The van der Waals surface area contributed by atoms with Gasteiger partial charge < -0.3 is 28.5 Å². The molecule has 72 heavy (non-hydrogen) atoms. The molecule has 2 unspecified atom stereocenters. The summed E-state index contributed by atoms with van der Waals surface area (Å²) in [5, 5.41) is 9.63. The van der Waals surface area contributed by atoms with Crippen molar-refractivity contribution in [1.82, 2.24) is 0 Å². The van der Waals surface area contributed by atoms with E-state index < -0.39 is 24.3 Å². The Hall–Kier alpha value is -3.53. The second-order valence-electron chi connectivity index (χ2n) is 20.6. The summed E-state index contributed by atoms with van der Waals surface area (Å²) in [7, 11) is 5.95. The van der Waals surface area contributed by atoms with Crippen molar-refractivity contribution < 1.29 is 42.9 Å². The van der Waals surface area contributed by atoms with Gasteiger partial charge in [0.2, 0.25) is 0 Å². The highest BCUT2D eigenvalue weighted by Gasteiger charge is 2.25. The number of allylic oxidation sites excluding steroid dienone is 14. The SMILES string of the molecule is CC/C=C\C/C=C\C/C=C\C/C=C\C/C=C\C/C=C\C/C=C\CCCCCCCCCCCCCCCCCCCCCC(=O)OC(COC(=O)CCCCCCCC)COC(OCC[N+](C)(C)C)C(=O)O. The van der Waals surface area contributed by atoms with Gasteiger partial charge in [-0.15, -0.1) is 0 Å². The molecule has 0 saturated carbocycles. The Morgan fingerprint density at radius 3 is 1.18 bits per heavy atom. The van der Waals surface area contributed by atoms with Gasteiger partial charge in [-0.25, -0.2) is 4.79 Å². The summed E-state index contributed by atoms with van der Waals surface area (Å²) in [5.74, 6) is -2.01. The number of aliphatic carboxylic acids is 1. The van der Waals surface area contributed by atoms with Crippen molar-refractivity contribution in [3.8, 4) is 0 Å². The van der Waals surface area contributed by atoms with E-state index in [1.807, 2.05) is 21.1 Å². The van der Waals surface area contributed by atoms with Crippen molar-refractivity contribution in [2.45, 2.75) is 251 Å². The number of carbonyl (C=O) groups is 3. The summed E-state index contributed by atoms with van der Waals surface area (Å²) < 4.78 is 22.7. The third kappa shape index (κ3) is 54.2. The zero-order valence-electron chi connectivity index (χ0n) is 47.1. The number of quaternary nitrogens is 1. The summed E-state index contributed by atoms with van der Waals surface area (Å²) >= 11 is 0. The number of hydrogen-bond acceptors (Lipinski definition) is 7. The van der Waals surface area contributed by atoms with Gasteiger partial charge in [0.15, 0.2) is 6.10 Å². The number of carboxylic acids is 1. The van der Waals surface area contributed by atoms with Crippen LogP contribution in [0.25, 0.3) is 0 Å². The van der Waals surface area contributed by atoms with E-state index in [4.69, 9.17) is 18.9 Å². The molecule has 0 bridgehead atoms. The molecule has 0 fully saturated rings. The van der Waals surface area contributed by atoms with Crippen LogP contribution in [0, 0.1) is 0 Å². The molecule has 0 rings (SSSR count). The molecule has 2 atom stereocenters. The van der Waals surface area contributed by atoms with Gasteiger partial charge in [-0.2, -0.15) is 0 Å². The van der Waals surface area contributed by atoms with Gasteiger partial charge in [0.25, 0.3) is 6.29 Å². The maximum absolute atomic E-state index is 12.8. The molecule has 0 aliphatic rings. The second-order valence-corrected chi connectivity index (χ2v) is 20.6. The highest BCUT2D eigenvalue weighted by Crippen LogP contribution is 2.16. The predicted molar refractivity (Wildman–Crippen MR) is 304 cm³/mol. The molecule has 0 aliphatic heterocycles. The number of rotatable bonds is 53. The highest BCUT2D eigenvalue weighted by atomic mass is 16.7. The number of ether oxygens (including phenoxy) is 4. The first kappa shape index (κ1) is 68.5. The van der Waals surface area contributed by atoms with Crippen LogP contribution in [0.15, 0.2) is 85.1 Å². The number of hydrogen-bond donors (Lipinski definition) is 1. The lowest BCUT2D eigenvalue weighted by atomic mass is 10.0. The minimum Gasteiger partial charge on any atom is -0.477 e. The van der Waals surface area contributed by atoms with E-state index in [2.05, 4.69) is 98.9 Å². The Balaban J connectivity index is 3.86. The smallest absolute Gasteiger partial charge is 0.361 e. The van der Waals surface area contributed by atoms with Crippen molar-refractivity contribution in [3.05, 3.63) is 85.1 Å². The van der Waals surface area contributed by atoms with E-state index in [1.54, 1.807) is 0 Å². The number of carbonyl (C=O) groups excluding carboxylic acids is 2. The third-order valence-electron chi connectivity index (χ3n) is 12.4. The lowest BCUT2D eigenvalue weighted by Crippen LogP contribution is -2.40. The van der Waals surface area contributed by atoms with Gasteiger partial charge in [0.05, 0.1) is 34.4 Å². The largest absolute Gasteiger partial charge is 0.477 e. The first-order valence-electron chi connectivity index (χ1n) is 29.3. The van der Waals surface area contributed by atoms with Crippen LogP contribution in [-0.2, 0) is 33.3 Å². The van der Waals surface area contributed by atoms with Gasteiger partial charge >= 0.3 is 17.9 Å². The van der Waals surface area contributed by atoms with Crippen LogP contribution in [0.2, 0.25) is 0 Å². The van der Waals surface area contributed by atoms with E-state index in [1.165, 1.54) is 122 Å². The first-order valence-corrected chi connectivity index (χ1v) is 29.3. The summed E-state index contributed by atoms with van der Waals surface area (Å²) in [6.45, 7) is 4.69. The standard InChI is InChI=1S/C63H109NO8/c1-6-8-10-12-14-15-16-17-18-19-20-21-22-23-24-25-26-27-28-29-30-31-32-33-34-35-36-37-38-39-40-41-42-43-44-45-46-47-48-50-52-54-61(66)72-59(57-70-60(65)53-51-49-13-11-9-7-2)58-71-63(62(67)68)69-56-55-64(3,4)5/h8,10,14-15,17-18,20-21,23-24,26-27,29-30,59,63H,6-7,9,11-13,16,19,22,25,28,31-58H2,1-5H3/p+1/b10-8-,15-14-,18-17-,21-20-,24-23-,27-26-,30-29-. The maximum atomic E-state index is 12.8. The first-order chi connectivity index (χ1) is 35.1. The molecule has 9 heteroatoms. The summed E-state index contributed by atoms with van der Waals surface area (Å²) in [6.07, 6.45) is 68.7. The molecule has 0 aromatic heterocycles. The Labute approximate surface area is 442 Å². The lowest BCUT2D eigenvalue weighted by Gasteiger charge is -2.25. The predicted octanol–water partition coefficient (Wildman–Crippen LogP) is 17.2. The molecule has 0 amide bonds. The Morgan fingerprint density at radius 2 is 0.792 bits per heavy atom. The van der Waals surface area contributed by atoms with E-state index in [-0.39, 0.29) is 32.2 Å². The van der Waals surface area contributed by atoms with Gasteiger partial charge in [0, 0.05) is 12.8 Å². The van der Waals surface area contributed by atoms with Crippen LogP contribution in [-0.4, -0.2) is 87.4 Å². The van der Waals surface area contributed by atoms with E-state index in [0.717, 1.165) is 89.9 Å². The van der Waals surface area contributed by atoms with Crippen molar-refractivity contribution in [2.75, 3.05) is 47.5 Å². The van der Waals surface area contributed by atoms with Crippen molar-refractivity contribution >= 4 is 17.9 Å². The fourth-order valence-electron chi connectivity index (χ4n) is 7.94. The maximum Gasteiger partial charge on any atom is 0.361 e. The van der Waals surface area contributed by atoms with Gasteiger partial charge in [-0.05, 0) is 70.6 Å². The monoisotopic (exact) mass is 1010 g/mol. The lowest BCUT2D eigenvalue weighted by molar-refractivity contribution is -0.870. The minimum atomic E-state index is -1.51. The topological polar surface area (TPSA) is 108 Å². The number of nitrogens with zero attached hydrogens (tertiary/aromatic N) is 1. The number of esters is 2. The molecule has 414 valence electrons. The van der Waals surface area contributed by atoms with Crippen LogP contribution < -0.4 is 0 Å². The number of carboxylic acid groups (broad SMARTS) is 1. The molecule has 9 nitrogen and oxygen atoms in total. The summed E-state index contributed by atoms with van der Waals surface area (Å²) in [6, 6.07) is 0. The molecule has 0 radical (unpaired) electrons. The quantitative estimate of drug-likeness (QED) is 0.0211. The minimum absolute atomic E-state index is 0.181. The molecule has 0 spiro atoms. The number of likely N-dealkylation sites (N-methyl/N-ethyl adjacent to an activating group) is 1. The van der Waals surface area contributed by atoms with E-state index in [0.29, 0.717) is 17.4 Å². The normalized spacial score (nSPS) is 13.4.